The number of rotatable bonds is 4. The highest BCUT2D eigenvalue weighted by molar-refractivity contribution is 5.29. The van der Waals surface area contributed by atoms with Crippen LogP contribution in [-0.4, -0.2) is 41.9 Å². The molecule has 7 heteroatoms. The molecule has 0 radical (unpaired) electrons. The van der Waals surface area contributed by atoms with Gasteiger partial charge in [0.25, 0.3) is 6.43 Å². The third-order valence-corrected chi connectivity index (χ3v) is 3.09. The van der Waals surface area contributed by atoms with Gasteiger partial charge >= 0.3 is 0 Å². The number of anilines is 1. The van der Waals surface area contributed by atoms with E-state index < -0.39 is 6.43 Å². The number of nitrogens with zero attached hydrogens (tertiary/aromatic N) is 3. The van der Waals surface area contributed by atoms with Crippen LogP contribution in [0.15, 0.2) is 0 Å². The fourth-order valence-corrected chi connectivity index (χ4v) is 2.13. The monoisotopic (exact) mass is 245 g/mol. The number of H-pyrrole nitrogens is 1. The van der Waals surface area contributed by atoms with E-state index in [0.717, 1.165) is 32.5 Å². The van der Waals surface area contributed by atoms with Gasteiger partial charge in [-0.25, -0.2) is 8.78 Å². The summed E-state index contributed by atoms with van der Waals surface area (Å²) in [5, 5.41) is 9.26. The van der Waals surface area contributed by atoms with Crippen LogP contribution in [0.2, 0.25) is 0 Å². The highest BCUT2D eigenvalue weighted by Crippen LogP contribution is 2.22. The van der Waals surface area contributed by atoms with Gasteiger partial charge < -0.3 is 10.2 Å². The molecule has 0 bridgehead atoms. The van der Waals surface area contributed by atoms with Gasteiger partial charge in [-0.2, -0.15) is 4.98 Å². The van der Waals surface area contributed by atoms with E-state index in [1.807, 2.05) is 11.9 Å². The number of piperidine rings is 1. The summed E-state index contributed by atoms with van der Waals surface area (Å²) in [6.45, 7) is 2.66. The van der Waals surface area contributed by atoms with Crippen LogP contribution in [0.5, 0.6) is 0 Å². The first kappa shape index (κ1) is 12.2. The average molecular weight is 245 g/mol. The van der Waals surface area contributed by atoms with Gasteiger partial charge in [0.15, 0.2) is 5.82 Å². The Kier molecular flexibility index (Phi) is 3.88. The number of aromatic amines is 1. The van der Waals surface area contributed by atoms with Gasteiger partial charge in [-0.05, 0) is 32.4 Å². The lowest BCUT2D eigenvalue weighted by atomic mass is 9.97. The van der Waals surface area contributed by atoms with Crippen molar-refractivity contribution in [3.05, 3.63) is 5.82 Å². The van der Waals surface area contributed by atoms with Crippen LogP contribution in [0.1, 0.15) is 25.1 Å². The van der Waals surface area contributed by atoms with Crippen molar-refractivity contribution < 1.29 is 8.78 Å². The second-order valence-corrected chi connectivity index (χ2v) is 4.31. The molecule has 0 atom stereocenters. The van der Waals surface area contributed by atoms with E-state index >= 15 is 0 Å². The maximum atomic E-state index is 12.3. The summed E-state index contributed by atoms with van der Waals surface area (Å²) in [6, 6.07) is 0. The predicted octanol–water partition coefficient (Wildman–Crippen LogP) is 1.18. The number of hydrogen-bond acceptors (Lipinski definition) is 4. The lowest BCUT2D eigenvalue weighted by Crippen LogP contribution is -2.37. The lowest BCUT2D eigenvalue weighted by molar-refractivity contribution is 0.141. The minimum atomic E-state index is -2.59. The van der Waals surface area contributed by atoms with Crippen molar-refractivity contribution in [1.82, 2.24) is 20.5 Å². The number of hydrogen-bond donors (Lipinski definition) is 2. The molecule has 2 N–H and O–H groups in total. The van der Waals surface area contributed by atoms with Gasteiger partial charge in [0.1, 0.15) is 0 Å². The summed E-state index contributed by atoms with van der Waals surface area (Å²) in [7, 11) is 1.94. The van der Waals surface area contributed by atoms with Gasteiger partial charge in [-0.1, -0.05) is 0 Å². The van der Waals surface area contributed by atoms with Crippen molar-refractivity contribution in [3.63, 3.8) is 0 Å². The zero-order valence-corrected chi connectivity index (χ0v) is 9.79. The third kappa shape index (κ3) is 2.91. The summed E-state index contributed by atoms with van der Waals surface area (Å²) in [4.78, 5) is 5.75. The van der Waals surface area contributed by atoms with Crippen LogP contribution in [0.4, 0.5) is 14.7 Å². The standard InChI is InChI=1S/C10H17F2N5/c1-13-6-7-2-4-17(5-3-7)10-14-9(8(11)12)15-16-10/h7-8,13H,2-6H2,1H3,(H,14,15,16). The van der Waals surface area contributed by atoms with Crippen LogP contribution in [0.3, 0.4) is 0 Å². The van der Waals surface area contributed by atoms with E-state index in [9.17, 15) is 8.78 Å². The predicted molar refractivity (Wildman–Crippen MR) is 60.2 cm³/mol. The fourth-order valence-electron chi connectivity index (χ4n) is 2.13. The molecule has 1 aromatic heterocycles. The highest BCUT2D eigenvalue weighted by Gasteiger charge is 2.22. The summed E-state index contributed by atoms with van der Waals surface area (Å²) in [6.07, 6.45) is -0.503. The number of halogens is 2. The Morgan fingerprint density at radius 2 is 2.18 bits per heavy atom. The van der Waals surface area contributed by atoms with Gasteiger partial charge in [-0.3, -0.25) is 5.10 Å². The zero-order chi connectivity index (χ0) is 12.3. The maximum absolute atomic E-state index is 12.3. The first-order chi connectivity index (χ1) is 8.20. The zero-order valence-electron chi connectivity index (χ0n) is 9.79. The van der Waals surface area contributed by atoms with E-state index in [1.165, 1.54) is 0 Å². The van der Waals surface area contributed by atoms with Crippen LogP contribution in [-0.2, 0) is 0 Å². The Hall–Kier alpha value is -1.24. The van der Waals surface area contributed by atoms with Crippen molar-refractivity contribution in [3.8, 4) is 0 Å². The van der Waals surface area contributed by atoms with Gasteiger partial charge in [0.2, 0.25) is 5.95 Å². The van der Waals surface area contributed by atoms with E-state index in [1.54, 1.807) is 0 Å². The Labute approximate surface area is 98.6 Å². The molecule has 5 nitrogen and oxygen atoms in total. The molecular formula is C10H17F2N5. The highest BCUT2D eigenvalue weighted by atomic mass is 19.3. The Morgan fingerprint density at radius 3 is 2.71 bits per heavy atom. The molecule has 1 fully saturated rings. The Balaban J connectivity index is 1.91. The van der Waals surface area contributed by atoms with Crippen molar-refractivity contribution >= 4 is 5.95 Å². The van der Waals surface area contributed by atoms with Crippen LogP contribution in [0.25, 0.3) is 0 Å². The van der Waals surface area contributed by atoms with Crippen LogP contribution < -0.4 is 10.2 Å². The minimum Gasteiger partial charge on any atom is -0.340 e. The molecule has 0 amide bonds. The number of alkyl halides is 2. The third-order valence-electron chi connectivity index (χ3n) is 3.09. The van der Waals surface area contributed by atoms with Crippen molar-refractivity contribution in [2.45, 2.75) is 19.3 Å². The summed E-state index contributed by atoms with van der Waals surface area (Å²) >= 11 is 0. The molecule has 1 aliphatic heterocycles. The Morgan fingerprint density at radius 1 is 1.47 bits per heavy atom. The lowest BCUT2D eigenvalue weighted by Gasteiger charge is -2.30. The van der Waals surface area contributed by atoms with Crippen molar-refractivity contribution in [2.75, 3.05) is 31.6 Å². The van der Waals surface area contributed by atoms with E-state index in [-0.39, 0.29) is 5.82 Å². The quantitative estimate of drug-likeness (QED) is 0.836. The topological polar surface area (TPSA) is 56.8 Å². The molecule has 0 aliphatic carbocycles. The second-order valence-electron chi connectivity index (χ2n) is 4.31. The fraction of sp³-hybridized carbons (Fsp3) is 0.800. The maximum Gasteiger partial charge on any atom is 0.296 e. The normalized spacial score (nSPS) is 18.0. The molecule has 2 heterocycles. The minimum absolute atomic E-state index is 0.350. The van der Waals surface area contributed by atoms with Gasteiger partial charge in [0, 0.05) is 13.1 Å². The molecule has 1 aromatic rings. The molecule has 0 spiro atoms. The number of aromatic nitrogens is 3. The largest absolute Gasteiger partial charge is 0.340 e. The molecule has 1 aliphatic rings. The van der Waals surface area contributed by atoms with E-state index in [2.05, 4.69) is 20.5 Å². The molecular weight excluding hydrogens is 228 g/mol. The Bertz CT molecular complexity index is 346. The van der Waals surface area contributed by atoms with Gasteiger partial charge in [0.05, 0.1) is 0 Å². The molecule has 2 rings (SSSR count). The van der Waals surface area contributed by atoms with E-state index in [4.69, 9.17) is 0 Å². The van der Waals surface area contributed by atoms with Crippen molar-refractivity contribution in [1.29, 1.82) is 0 Å². The van der Waals surface area contributed by atoms with Crippen LogP contribution >= 0.6 is 0 Å². The first-order valence-corrected chi connectivity index (χ1v) is 5.80. The molecule has 96 valence electrons. The molecule has 0 unspecified atom stereocenters. The second kappa shape index (κ2) is 5.39. The molecule has 0 saturated carbocycles. The summed E-state index contributed by atoms with van der Waals surface area (Å²) < 4.78 is 24.7. The van der Waals surface area contributed by atoms with E-state index in [0.29, 0.717) is 11.9 Å². The van der Waals surface area contributed by atoms with Gasteiger partial charge in [-0.15, -0.1) is 5.10 Å². The first-order valence-electron chi connectivity index (χ1n) is 5.80. The smallest absolute Gasteiger partial charge is 0.296 e. The average Bonchev–Trinajstić information content (AvgIpc) is 2.80. The molecule has 1 saturated heterocycles. The summed E-state index contributed by atoms with van der Waals surface area (Å²) in [5.41, 5.74) is 0. The molecule has 0 aromatic carbocycles. The van der Waals surface area contributed by atoms with Crippen LogP contribution in [0, 0.1) is 5.92 Å². The van der Waals surface area contributed by atoms with Crippen molar-refractivity contribution in [2.24, 2.45) is 5.92 Å². The SMILES string of the molecule is CNCC1CCN(c2n[nH]c(C(F)F)n2)CC1. The summed E-state index contributed by atoms with van der Waals surface area (Å²) in [5.74, 6) is 0.699. The number of nitrogens with one attached hydrogen (secondary N) is 2. The molecule has 17 heavy (non-hydrogen) atoms.